The van der Waals surface area contributed by atoms with E-state index in [0.29, 0.717) is 18.9 Å². The number of carbonyl (C=O) groups is 1. The Morgan fingerprint density at radius 2 is 2.00 bits per heavy atom. The van der Waals surface area contributed by atoms with E-state index in [2.05, 4.69) is 15.6 Å². The molecule has 0 aliphatic carbocycles. The molecule has 0 fully saturated rings. The van der Waals surface area contributed by atoms with Crippen LogP contribution in [0.3, 0.4) is 0 Å². The summed E-state index contributed by atoms with van der Waals surface area (Å²) in [5.74, 6) is 0.551. The van der Waals surface area contributed by atoms with E-state index in [4.69, 9.17) is 5.73 Å². The summed E-state index contributed by atoms with van der Waals surface area (Å²) in [5, 5.41) is 6.54. The van der Waals surface area contributed by atoms with Crippen LogP contribution >= 0.6 is 0 Å². The normalized spacial score (nSPS) is 10.4. The number of aromatic nitrogens is 1. The number of nitrogens with two attached hydrogens (primary N) is 1. The molecule has 4 N–H and O–H groups in total. The molecule has 5 nitrogen and oxygen atoms in total. The Morgan fingerprint density at radius 1 is 1.16 bits per heavy atom. The van der Waals surface area contributed by atoms with Gasteiger partial charge in [-0.2, -0.15) is 0 Å². The van der Waals surface area contributed by atoms with Crippen molar-refractivity contribution in [1.82, 2.24) is 10.3 Å². The van der Waals surface area contributed by atoms with Gasteiger partial charge in [0.25, 0.3) is 0 Å². The van der Waals surface area contributed by atoms with Crippen molar-refractivity contribution in [2.24, 2.45) is 5.73 Å². The second-order valence-corrected chi connectivity index (χ2v) is 4.27. The Morgan fingerprint density at radius 3 is 2.84 bits per heavy atom. The third kappa shape index (κ3) is 3.93. The molecule has 0 saturated carbocycles. The van der Waals surface area contributed by atoms with Crippen LogP contribution in [0.25, 0.3) is 10.9 Å². The lowest BCUT2D eigenvalue weighted by molar-refractivity contribution is 0.252. The molecule has 0 radical (unpaired) electrons. The predicted molar refractivity (Wildman–Crippen MR) is 77.1 cm³/mol. The number of nitrogens with zero attached hydrogens (tertiary/aromatic N) is 1. The van der Waals surface area contributed by atoms with E-state index in [9.17, 15) is 4.79 Å². The third-order valence-corrected chi connectivity index (χ3v) is 2.76. The number of carbonyl (C=O) groups excluding carboxylic acids is 1. The van der Waals surface area contributed by atoms with Crippen molar-refractivity contribution in [3.8, 4) is 0 Å². The summed E-state index contributed by atoms with van der Waals surface area (Å²) in [5.41, 5.74) is 6.25. The minimum absolute atomic E-state index is 0.236. The number of anilines is 1. The van der Waals surface area contributed by atoms with Crippen molar-refractivity contribution in [3.05, 3.63) is 36.4 Å². The Balaban J connectivity index is 1.91. The van der Waals surface area contributed by atoms with Crippen molar-refractivity contribution >= 4 is 22.8 Å². The van der Waals surface area contributed by atoms with Crippen LogP contribution in [0, 0.1) is 0 Å². The fourth-order valence-electron chi connectivity index (χ4n) is 1.77. The van der Waals surface area contributed by atoms with E-state index in [1.54, 1.807) is 6.07 Å². The second kappa shape index (κ2) is 6.70. The molecule has 0 aliphatic rings. The lowest BCUT2D eigenvalue weighted by atomic mass is 10.2. The fraction of sp³-hybridized carbons (Fsp3) is 0.286. The first-order valence-corrected chi connectivity index (χ1v) is 6.40. The molecule has 0 aliphatic heterocycles. The zero-order chi connectivity index (χ0) is 13.5. The van der Waals surface area contributed by atoms with Crippen molar-refractivity contribution in [2.75, 3.05) is 18.4 Å². The van der Waals surface area contributed by atoms with Gasteiger partial charge < -0.3 is 11.1 Å². The molecular weight excluding hydrogens is 240 g/mol. The summed E-state index contributed by atoms with van der Waals surface area (Å²) in [4.78, 5) is 16.0. The topological polar surface area (TPSA) is 80.0 Å². The molecule has 0 bridgehead atoms. The average Bonchev–Trinajstić information content (AvgIpc) is 2.43. The summed E-state index contributed by atoms with van der Waals surface area (Å²) in [6, 6.07) is 11.3. The smallest absolute Gasteiger partial charge is 0.320 e. The quantitative estimate of drug-likeness (QED) is 0.718. The molecule has 2 aromatic rings. The van der Waals surface area contributed by atoms with Crippen LogP contribution in [0.15, 0.2) is 36.4 Å². The highest BCUT2D eigenvalue weighted by atomic mass is 16.2. The van der Waals surface area contributed by atoms with Crippen molar-refractivity contribution < 1.29 is 4.79 Å². The van der Waals surface area contributed by atoms with Crippen LogP contribution in [0.2, 0.25) is 0 Å². The molecule has 2 rings (SSSR count). The molecule has 1 aromatic heterocycles. The summed E-state index contributed by atoms with van der Waals surface area (Å²) in [6.07, 6.45) is 1.80. The highest BCUT2D eigenvalue weighted by Crippen LogP contribution is 2.14. The second-order valence-electron chi connectivity index (χ2n) is 4.27. The van der Waals surface area contributed by atoms with Gasteiger partial charge in [0.15, 0.2) is 0 Å². The van der Waals surface area contributed by atoms with Crippen LogP contribution in [0.4, 0.5) is 10.6 Å². The van der Waals surface area contributed by atoms with Gasteiger partial charge in [-0.05, 0) is 37.6 Å². The number of benzene rings is 1. The Labute approximate surface area is 112 Å². The fourth-order valence-corrected chi connectivity index (χ4v) is 1.77. The van der Waals surface area contributed by atoms with Gasteiger partial charge >= 0.3 is 6.03 Å². The minimum Gasteiger partial charge on any atom is -0.338 e. The van der Waals surface area contributed by atoms with Gasteiger partial charge in [0.1, 0.15) is 5.82 Å². The zero-order valence-corrected chi connectivity index (χ0v) is 10.7. The van der Waals surface area contributed by atoms with Crippen molar-refractivity contribution in [1.29, 1.82) is 0 Å². The Kier molecular flexibility index (Phi) is 4.69. The maximum atomic E-state index is 11.6. The molecule has 0 unspecified atom stereocenters. The zero-order valence-electron chi connectivity index (χ0n) is 10.7. The number of pyridine rings is 1. The number of urea groups is 1. The van der Waals surface area contributed by atoms with E-state index in [-0.39, 0.29) is 6.03 Å². The van der Waals surface area contributed by atoms with Crippen LogP contribution in [-0.2, 0) is 0 Å². The van der Waals surface area contributed by atoms with Crippen LogP contribution in [-0.4, -0.2) is 24.1 Å². The Hall–Kier alpha value is -2.14. The van der Waals surface area contributed by atoms with Gasteiger partial charge in [0.05, 0.1) is 5.52 Å². The number of unbranched alkanes of at least 4 members (excludes halogenated alkanes) is 1. The maximum absolute atomic E-state index is 11.6. The summed E-state index contributed by atoms with van der Waals surface area (Å²) in [6.45, 7) is 1.27. The SMILES string of the molecule is NCCCCNC(=O)Nc1ccc2ccccc2n1. The number of amides is 2. The molecule has 0 spiro atoms. The van der Waals surface area contributed by atoms with Gasteiger partial charge in [-0.3, -0.25) is 5.32 Å². The molecule has 2 amide bonds. The van der Waals surface area contributed by atoms with Crippen LogP contribution in [0.5, 0.6) is 0 Å². The number of nitrogens with one attached hydrogen (secondary N) is 2. The first-order valence-electron chi connectivity index (χ1n) is 6.40. The molecule has 1 aromatic carbocycles. The predicted octanol–water partition coefficient (Wildman–Crippen LogP) is 2.10. The standard InChI is InChI=1S/C14H18N4O/c15-9-3-4-10-16-14(19)18-13-8-7-11-5-1-2-6-12(11)17-13/h1-2,5-8H,3-4,9-10,15H2,(H2,16,17,18,19). The van der Waals surface area contributed by atoms with Gasteiger partial charge in [-0.15, -0.1) is 0 Å². The molecule has 5 heteroatoms. The minimum atomic E-state index is -0.236. The summed E-state index contributed by atoms with van der Waals surface area (Å²) in [7, 11) is 0. The summed E-state index contributed by atoms with van der Waals surface area (Å²) >= 11 is 0. The van der Waals surface area contributed by atoms with E-state index >= 15 is 0 Å². The molecular formula is C14H18N4O. The molecule has 0 saturated heterocycles. The molecule has 19 heavy (non-hydrogen) atoms. The first kappa shape index (κ1) is 13.3. The van der Waals surface area contributed by atoms with E-state index in [0.717, 1.165) is 23.7 Å². The largest absolute Gasteiger partial charge is 0.338 e. The Bertz CT molecular complexity index is 556. The highest BCUT2D eigenvalue weighted by Gasteiger charge is 2.02. The lowest BCUT2D eigenvalue weighted by Crippen LogP contribution is -2.30. The lowest BCUT2D eigenvalue weighted by Gasteiger charge is -2.07. The number of fused-ring (bicyclic) bond motifs is 1. The first-order chi connectivity index (χ1) is 9.29. The van der Waals surface area contributed by atoms with Crippen LogP contribution in [0.1, 0.15) is 12.8 Å². The van der Waals surface area contributed by atoms with Gasteiger partial charge in [-0.1, -0.05) is 18.2 Å². The van der Waals surface area contributed by atoms with Gasteiger partial charge in [0, 0.05) is 11.9 Å². The van der Waals surface area contributed by atoms with Crippen molar-refractivity contribution in [2.45, 2.75) is 12.8 Å². The average molecular weight is 258 g/mol. The van der Waals surface area contributed by atoms with Crippen molar-refractivity contribution in [3.63, 3.8) is 0 Å². The summed E-state index contributed by atoms with van der Waals surface area (Å²) < 4.78 is 0. The van der Waals surface area contributed by atoms with E-state index in [1.165, 1.54) is 0 Å². The number of rotatable bonds is 5. The van der Waals surface area contributed by atoms with Gasteiger partial charge in [0.2, 0.25) is 0 Å². The number of hydrogen-bond donors (Lipinski definition) is 3. The van der Waals surface area contributed by atoms with E-state index in [1.807, 2.05) is 30.3 Å². The molecule has 0 atom stereocenters. The third-order valence-electron chi connectivity index (χ3n) is 2.76. The van der Waals surface area contributed by atoms with Crippen LogP contribution < -0.4 is 16.4 Å². The van der Waals surface area contributed by atoms with E-state index < -0.39 is 0 Å². The molecule has 1 heterocycles. The van der Waals surface area contributed by atoms with Gasteiger partial charge in [-0.25, -0.2) is 9.78 Å². The number of para-hydroxylation sites is 1. The maximum Gasteiger partial charge on any atom is 0.320 e. The molecule has 100 valence electrons. The highest BCUT2D eigenvalue weighted by molar-refractivity contribution is 5.90. The number of hydrogen-bond acceptors (Lipinski definition) is 3. The monoisotopic (exact) mass is 258 g/mol.